The topological polar surface area (TPSA) is 49.0 Å². The van der Waals surface area contributed by atoms with E-state index in [0.717, 1.165) is 111 Å². The quantitative estimate of drug-likeness (QED) is 0.123. The maximum atomic E-state index is 8.68. The maximum absolute atomic E-state index is 8.68. The van der Waals surface area contributed by atoms with Crippen molar-refractivity contribution in [3.05, 3.63) is 248 Å². The minimum Gasteiger partial charge on any atom is -0.510 e. The normalized spacial score (nSPS) is 13.5. The molecule has 0 N–H and O–H groups in total. The molecule has 0 radical (unpaired) electrons. The number of ether oxygens (including phenoxy) is 1. The molecule has 0 unspecified atom stereocenters. The van der Waals surface area contributed by atoms with E-state index >= 15 is 0 Å². The molecule has 7 heteroatoms. The van der Waals surface area contributed by atoms with Gasteiger partial charge in [-0.05, 0) is 145 Å². The van der Waals surface area contributed by atoms with Gasteiger partial charge in [-0.1, -0.05) is 160 Å². The number of furan rings is 1. The SMILES string of the molecule is [2H]C([2H])([2H])c1cccc(C([2H])([2H])[2H])c1-c1ccc2c(c1)-c1cccc(-c3ccc4oc5ccccc5c4c3)c1-[n+]1[c-]n(-c3[c-]c(Oc4[c-]c5c(cc4)c4ccccc4n5-c4cc(C(C)(C)C)ccn4)ccc3)c3cccc(c31)-c1ccccc1-2.[Pt]. The number of hydrogen-bond donors (Lipinski definition) is 0. The Labute approximate surface area is 481 Å². The molecule has 0 amide bonds. The van der Waals surface area contributed by atoms with Crippen molar-refractivity contribution in [2.24, 2.45) is 0 Å². The maximum Gasteiger partial charge on any atom is 0.268 e. The first kappa shape index (κ1) is 42.0. The Kier molecular flexibility index (Phi) is 9.86. The van der Waals surface area contributed by atoms with Gasteiger partial charge >= 0.3 is 0 Å². The second kappa shape index (κ2) is 18.5. The molecule has 79 heavy (non-hydrogen) atoms. The summed E-state index contributed by atoms with van der Waals surface area (Å²) in [5.41, 5.74) is 15.3. The van der Waals surface area contributed by atoms with Gasteiger partial charge in [0.15, 0.2) is 0 Å². The second-order valence-corrected chi connectivity index (χ2v) is 21.1. The van der Waals surface area contributed by atoms with Gasteiger partial charge in [-0.3, -0.25) is 4.57 Å². The Morgan fingerprint density at radius 1 is 0.532 bits per heavy atom. The number of para-hydroxylation sites is 4. The van der Waals surface area contributed by atoms with Crippen LogP contribution in [0.25, 0.3) is 128 Å². The summed E-state index contributed by atoms with van der Waals surface area (Å²) in [6, 6.07) is 75.2. The van der Waals surface area contributed by atoms with Crippen LogP contribution in [0.4, 0.5) is 0 Å². The average molecular weight is 1200 g/mol. The zero-order valence-electron chi connectivity index (χ0n) is 49.1. The second-order valence-electron chi connectivity index (χ2n) is 21.1. The van der Waals surface area contributed by atoms with Crippen LogP contribution in [0.1, 0.15) is 45.7 Å². The molecule has 0 saturated carbocycles. The average Bonchev–Trinajstić information content (AvgIpc) is 2.22. The van der Waals surface area contributed by atoms with Gasteiger partial charge in [0.1, 0.15) is 17.0 Å². The molecule has 1 aliphatic heterocycles. The summed E-state index contributed by atoms with van der Waals surface area (Å²) >= 11 is 0. The summed E-state index contributed by atoms with van der Waals surface area (Å²) in [4.78, 5) is 4.88. The molecule has 15 rings (SSSR count). The number of pyridine rings is 1. The largest absolute Gasteiger partial charge is 0.510 e. The van der Waals surface area contributed by atoms with E-state index in [-0.39, 0.29) is 43.2 Å². The molecular weight excluding hydrogens is 1150 g/mol. The molecule has 0 bridgehead atoms. The number of fused-ring (bicyclic) bond motifs is 13. The van der Waals surface area contributed by atoms with Crippen LogP contribution in [-0.2, 0) is 26.5 Å². The van der Waals surface area contributed by atoms with Crippen molar-refractivity contribution in [2.45, 2.75) is 39.9 Å². The van der Waals surface area contributed by atoms with Crippen LogP contribution in [-0.4, -0.2) is 14.1 Å². The van der Waals surface area contributed by atoms with Gasteiger partial charge in [-0.2, -0.15) is 18.2 Å². The van der Waals surface area contributed by atoms with E-state index in [2.05, 4.69) is 145 Å². The number of aryl methyl sites for hydroxylation is 2. The number of imidazole rings is 1. The molecule has 382 valence electrons. The van der Waals surface area contributed by atoms with Crippen LogP contribution in [0.3, 0.4) is 0 Å². The first-order valence-corrected chi connectivity index (χ1v) is 26.1. The van der Waals surface area contributed by atoms with Gasteiger partial charge in [0.25, 0.3) is 6.33 Å². The summed E-state index contributed by atoms with van der Waals surface area (Å²) in [6.45, 7) is 1.38. The van der Waals surface area contributed by atoms with Gasteiger partial charge < -0.3 is 18.3 Å². The molecule has 5 heterocycles. The van der Waals surface area contributed by atoms with Crippen LogP contribution >= 0.6 is 0 Å². The Morgan fingerprint density at radius 3 is 2.05 bits per heavy atom. The van der Waals surface area contributed by atoms with E-state index in [1.165, 1.54) is 23.8 Å². The zero-order valence-corrected chi connectivity index (χ0v) is 45.4. The molecule has 0 fully saturated rings. The summed E-state index contributed by atoms with van der Waals surface area (Å²) in [7, 11) is 0. The first-order valence-electron chi connectivity index (χ1n) is 29.1. The minimum absolute atomic E-state index is 0. The fraction of sp³-hybridized carbons (Fsp3) is 0.0833. The molecule has 0 spiro atoms. The van der Waals surface area contributed by atoms with E-state index < -0.39 is 13.7 Å². The monoisotopic (exact) mass is 1200 g/mol. The van der Waals surface area contributed by atoms with E-state index in [0.29, 0.717) is 22.7 Å². The van der Waals surface area contributed by atoms with Crippen molar-refractivity contribution < 1.29 is 43.0 Å². The first-order chi connectivity index (χ1) is 40.5. The summed E-state index contributed by atoms with van der Waals surface area (Å²) < 4.78 is 71.6. The third-order valence-electron chi connectivity index (χ3n) is 15.4. The standard InChI is InChI=1S/C72H50N4O2.Pt/c1-44-16-12-17-45(2)69(44)47-30-33-55-53-20-6-7-21-54(53)59-26-15-28-64-71(59)75(70-52(24-14-25-60(70)61(55)39-47)46-31-35-67-62(38-46)58-23-9-11-29-66(58)78-67)43-74(64)49-18-13-19-50(41-49)77-51-32-34-57-56-22-8-10-27-63(56)76(65(57)42-51)68-40-48(36-37-73-68)72(3,4)5;/h6-40H,1-5H3;/q-2;/i1D3,2D3;. The molecule has 10 aromatic carbocycles. The molecule has 4 aromatic heterocycles. The molecule has 6 nitrogen and oxygen atoms in total. The van der Waals surface area contributed by atoms with Crippen LogP contribution in [0.5, 0.6) is 11.5 Å². The molecule has 0 aliphatic carbocycles. The third-order valence-corrected chi connectivity index (χ3v) is 15.4. The predicted molar refractivity (Wildman–Crippen MR) is 316 cm³/mol. The van der Waals surface area contributed by atoms with Crippen molar-refractivity contribution in [3.8, 4) is 84.3 Å². The van der Waals surface area contributed by atoms with E-state index in [9.17, 15) is 0 Å². The van der Waals surface area contributed by atoms with Gasteiger partial charge in [0, 0.05) is 63.3 Å². The molecule has 1 aliphatic rings. The van der Waals surface area contributed by atoms with Crippen LogP contribution in [0, 0.1) is 32.2 Å². The predicted octanol–water partition coefficient (Wildman–Crippen LogP) is 18.1. The van der Waals surface area contributed by atoms with Crippen LogP contribution in [0.15, 0.2) is 217 Å². The van der Waals surface area contributed by atoms with E-state index in [1.807, 2.05) is 102 Å². The Hall–Kier alpha value is -9.09. The van der Waals surface area contributed by atoms with Crippen molar-refractivity contribution in [3.63, 3.8) is 0 Å². The number of nitrogens with zero attached hydrogens (tertiary/aromatic N) is 4. The van der Waals surface area contributed by atoms with Gasteiger partial charge in [-0.15, -0.1) is 29.7 Å². The number of hydrogen-bond acceptors (Lipinski definition) is 3. The van der Waals surface area contributed by atoms with Crippen molar-refractivity contribution in [1.82, 2.24) is 14.1 Å². The minimum atomic E-state index is -2.61. The fourth-order valence-electron chi connectivity index (χ4n) is 11.7. The fourth-order valence-corrected chi connectivity index (χ4v) is 11.7. The molecule has 0 saturated heterocycles. The summed E-state index contributed by atoms with van der Waals surface area (Å²) in [5.74, 6) is 1.78. The molecular formula is C72H50N4O2Pt-2. The number of aromatic nitrogens is 4. The number of benzene rings is 10. The summed E-state index contributed by atoms with van der Waals surface area (Å²) in [5, 5.41) is 4.07. The van der Waals surface area contributed by atoms with Crippen molar-refractivity contribution in [1.29, 1.82) is 0 Å². The van der Waals surface area contributed by atoms with E-state index in [4.69, 9.17) is 22.4 Å². The Balaban J connectivity index is 0.00000640. The molecule has 0 atom stereocenters. The van der Waals surface area contributed by atoms with Gasteiger partial charge in [0.2, 0.25) is 0 Å². The smallest absolute Gasteiger partial charge is 0.268 e. The van der Waals surface area contributed by atoms with Crippen molar-refractivity contribution in [2.75, 3.05) is 0 Å². The third kappa shape index (κ3) is 7.80. The Bertz CT molecular complexity index is 5010. The number of rotatable bonds is 6. The van der Waals surface area contributed by atoms with Gasteiger partial charge in [-0.25, -0.2) is 4.98 Å². The molecule has 14 aromatic rings. The zero-order chi connectivity index (χ0) is 57.4. The van der Waals surface area contributed by atoms with Gasteiger partial charge in [0.05, 0.1) is 16.7 Å². The Morgan fingerprint density at radius 2 is 1.20 bits per heavy atom. The van der Waals surface area contributed by atoms with Crippen molar-refractivity contribution >= 4 is 54.8 Å². The van der Waals surface area contributed by atoms with Crippen LogP contribution in [0.2, 0.25) is 0 Å². The van der Waals surface area contributed by atoms with E-state index in [1.54, 1.807) is 0 Å². The summed E-state index contributed by atoms with van der Waals surface area (Å²) in [6.07, 6.45) is 5.74. The van der Waals surface area contributed by atoms with Crippen LogP contribution < -0.4 is 9.30 Å².